The Balaban J connectivity index is 3.17. The molecule has 0 aromatic heterocycles. The number of thiol groups is 1. The molecule has 1 fully saturated rings. The van der Waals surface area contributed by atoms with Crippen molar-refractivity contribution in [3.8, 4) is 0 Å². The first-order valence-electron chi connectivity index (χ1n) is 21.2. The number of hydrogen-bond donors (Lipinski definition) is 14. The van der Waals surface area contributed by atoms with Crippen LogP contribution >= 0.6 is 12.6 Å². The third-order valence-electron chi connectivity index (χ3n) is 10.4. The summed E-state index contributed by atoms with van der Waals surface area (Å²) < 4.78 is 0. The van der Waals surface area contributed by atoms with Crippen LogP contribution in [-0.4, -0.2) is 176 Å². The van der Waals surface area contributed by atoms with Crippen LogP contribution in [0.3, 0.4) is 0 Å². The van der Waals surface area contributed by atoms with Crippen LogP contribution in [0.25, 0.3) is 0 Å². The molecule has 1 rings (SSSR count). The highest BCUT2D eigenvalue weighted by Crippen LogP contribution is 2.21. The Kier molecular flexibility index (Phi) is 24.8. The van der Waals surface area contributed by atoms with Gasteiger partial charge in [-0.25, -0.2) is 4.79 Å². The van der Waals surface area contributed by atoms with Crippen LogP contribution in [0.15, 0.2) is 0 Å². The number of nitrogens with two attached hydrogens (primary N) is 1. The first-order chi connectivity index (χ1) is 31.3. The van der Waals surface area contributed by atoms with E-state index in [9.17, 15) is 77.6 Å². The van der Waals surface area contributed by atoms with E-state index in [1.807, 2.05) is 0 Å². The molecule has 28 heteroatoms. The molecule has 0 aromatic carbocycles. The molecule has 376 valence electrons. The summed E-state index contributed by atoms with van der Waals surface area (Å²) in [4.78, 5) is 165. The van der Waals surface area contributed by atoms with E-state index in [1.54, 1.807) is 27.7 Å². The van der Waals surface area contributed by atoms with Crippen molar-refractivity contribution in [2.75, 3.05) is 25.4 Å². The molecule has 0 unspecified atom stereocenters. The van der Waals surface area contributed by atoms with E-state index in [0.29, 0.717) is 6.42 Å². The highest BCUT2D eigenvalue weighted by atomic mass is 32.1. The number of likely N-dealkylation sites (tertiary alicyclic amines) is 1. The molecule has 1 saturated heterocycles. The van der Waals surface area contributed by atoms with Gasteiger partial charge in [0.2, 0.25) is 53.2 Å². The third kappa shape index (κ3) is 19.8. The molecule has 9 atom stereocenters. The average molecular weight is 975 g/mol. The van der Waals surface area contributed by atoms with Gasteiger partial charge in [-0.05, 0) is 38.0 Å². The Morgan fingerprint density at radius 2 is 1.18 bits per heavy atom. The smallest absolute Gasteiger partial charge is 0.327 e. The van der Waals surface area contributed by atoms with Gasteiger partial charge in [-0.3, -0.25) is 57.5 Å². The molecule has 1 aliphatic heterocycles. The molecule has 9 amide bonds. The summed E-state index contributed by atoms with van der Waals surface area (Å²) in [5.41, 5.74) is 5.24. The minimum atomic E-state index is -1.98. The number of nitrogens with one attached hydrogen (secondary N) is 8. The fourth-order valence-corrected chi connectivity index (χ4v) is 6.67. The summed E-state index contributed by atoms with van der Waals surface area (Å²) in [5.74, 6) is -16.2. The molecule has 0 aromatic rings. The molecule has 0 saturated carbocycles. The zero-order chi connectivity index (χ0) is 51.3. The number of carbonyl (C=O) groups excluding carboxylic acids is 9. The fourth-order valence-electron chi connectivity index (χ4n) is 6.42. The number of carboxylic acid groups (broad SMARTS) is 4. The van der Waals surface area contributed by atoms with Crippen molar-refractivity contribution in [1.29, 1.82) is 0 Å². The number of hydrogen-bond acceptors (Lipinski definition) is 15. The number of carbonyl (C=O) groups is 13. The molecule has 1 heterocycles. The van der Waals surface area contributed by atoms with Crippen molar-refractivity contribution >= 4 is 89.7 Å². The lowest BCUT2D eigenvalue weighted by Crippen LogP contribution is -2.61. The summed E-state index contributed by atoms with van der Waals surface area (Å²) in [6.45, 7) is 6.25. The second-order valence-corrected chi connectivity index (χ2v) is 16.3. The van der Waals surface area contributed by atoms with Crippen molar-refractivity contribution < 1.29 is 82.8 Å². The topological polar surface area (TPSA) is 428 Å². The van der Waals surface area contributed by atoms with E-state index in [0.717, 1.165) is 0 Å². The average Bonchev–Trinajstić information content (AvgIpc) is 3.75. The minimum Gasteiger partial charge on any atom is -0.481 e. The predicted octanol–water partition coefficient (Wildman–Crippen LogP) is -5.00. The predicted molar refractivity (Wildman–Crippen MR) is 233 cm³/mol. The van der Waals surface area contributed by atoms with Crippen molar-refractivity contribution in [3.05, 3.63) is 0 Å². The first-order valence-corrected chi connectivity index (χ1v) is 21.8. The van der Waals surface area contributed by atoms with Crippen molar-refractivity contribution in [1.82, 2.24) is 47.4 Å². The molecule has 27 nitrogen and oxygen atoms in total. The van der Waals surface area contributed by atoms with E-state index in [4.69, 9.17) is 10.8 Å². The zero-order valence-electron chi connectivity index (χ0n) is 37.6. The quantitative estimate of drug-likeness (QED) is 0.0312. The van der Waals surface area contributed by atoms with E-state index in [2.05, 4.69) is 55.2 Å². The van der Waals surface area contributed by atoms with E-state index >= 15 is 0 Å². The third-order valence-corrected chi connectivity index (χ3v) is 10.7. The van der Waals surface area contributed by atoms with Crippen molar-refractivity contribution in [3.63, 3.8) is 0 Å². The monoisotopic (exact) mass is 974 g/mol. The molecule has 14 N–H and O–H groups in total. The SMILES string of the molecule is CC[C@H](C)[C@H](NC(=O)[C@H](CC(=O)O)NC(=O)[C@H](CC(=O)O)NC(=O)CNC(=O)[C@H](C)NC(=O)[C@H](CCC(=O)O)NC(=O)CN)C(=O)N[C@H](C(=O)N1CCC[C@H]1C(=O)N[C@@H](CS)C(=O)O)C(C)C. The van der Waals surface area contributed by atoms with Gasteiger partial charge in [-0.1, -0.05) is 34.1 Å². The van der Waals surface area contributed by atoms with Gasteiger partial charge in [0.05, 0.1) is 25.9 Å². The Morgan fingerprint density at radius 1 is 0.642 bits per heavy atom. The number of aliphatic carboxylic acids is 4. The summed E-state index contributed by atoms with van der Waals surface area (Å²) in [7, 11) is 0. The van der Waals surface area contributed by atoms with Crippen LogP contribution in [0.5, 0.6) is 0 Å². The molecule has 0 radical (unpaired) electrons. The molecule has 0 aliphatic carbocycles. The standard InChI is InChI=1S/C39H62N10O17S/c1-6-18(4)31(37(63)47-30(17(2)3)38(64)49-11-7-8-24(49)36(62)46-23(16-67)39(65)66)48-35(61)22(13-29(56)57)45-34(60)21(12-28(54)55)44-26(51)15-41-32(58)19(5)42-33(59)20(9-10-27(52)53)43-25(50)14-40/h17-24,30-31,67H,6-16,40H2,1-5H3,(H,41,58)(H,42,59)(H,43,50)(H,44,51)(H,45,60)(H,46,62)(H,47,63)(H,48,61)(H,52,53)(H,54,55)(H,56,57)(H,65,66)/t18-,19-,20-,21-,22-,23-,24-,30-,31-/m0/s1. The van der Waals surface area contributed by atoms with Gasteiger partial charge in [-0.2, -0.15) is 12.6 Å². The second kappa shape index (κ2) is 28.5. The summed E-state index contributed by atoms with van der Waals surface area (Å²) in [6.07, 6.45) is -2.27. The Morgan fingerprint density at radius 3 is 1.69 bits per heavy atom. The van der Waals surface area contributed by atoms with Crippen LogP contribution in [0.4, 0.5) is 0 Å². The maximum absolute atomic E-state index is 13.9. The maximum atomic E-state index is 13.9. The summed E-state index contributed by atoms with van der Waals surface area (Å²) >= 11 is 3.94. The number of rotatable bonds is 29. The van der Waals surface area contributed by atoms with Crippen LogP contribution in [0, 0.1) is 11.8 Å². The van der Waals surface area contributed by atoms with Gasteiger partial charge in [0, 0.05) is 18.7 Å². The number of carboxylic acids is 4. The highest BCUT2D eigenvalue weighted by Gasteiger charge is 2.41. The van der Waals surface area contributed by atoms with Crippen LogP contribution in [-0.2, 0) is 62.3 Å². The summed E-state index contributed by atoms with van der Waals surface area (Å²) in [6, 6.07) is -11.9. The largest absolute Gasteiger partial charge is 0.481 e. The van der Waals surface area contributed by atoms with Crippen LogP contribution in [0.2, 0.25) is 0 Å². The van der Waals surface area contributed by atoms with E-state index < -0.39 is 170 Å². The van der Waals surface area contributed by atoms with Gasteiger partial charge in [-0.15, -0.1) is 0 Å². The lowest BCUT2D eigenvalue weighted by molar-refractivity contribution is -0.145. The molecule has 1 aliphatic rings. The Bertz CT molecular complexity index is 1870. The maximum Gasteiger partial charge on any atom is 0.327 e. The number of amides is 9. The van der Waals surface area contributed by atoms with Crippen molar-refractivity contribution in [2.45, 2.75) is 128 Å². The molecule has 0 bridgehead atoms. The Labute approximate surface area is 390 Å². The van der Waals surface area contributed by atoms with Crippen molar-refractivity contribution in [2.24, 2.45) is 17.6 Å². The van der Waals surface area contributed by atoms with Gasteiger partial charge >= 0.3 is 23.9 Å². The van der Waals surface area contributed by atoms with Gasteiger partial charge < -0.3 is 73.6 Å². The summed E-state index contributed by atoms with van der Waals surface area (Å²) in [5, 5.41) is 55.5. The van der Waals surface area contributed by atoms with Gasteiger partial charge in [0.25, 0.3) is 0 Å². The zero-order valence-corrected chi connectivity index (χ0v) is 38.5. The first kappa shape index (κ1) is 58.4. The van der Waals surface area contributed by atoms with Crippen LogP contribution < -0.4 is 48.3 Å². The molecular formula is C39H62N10O17S. The molecule has 0 spiro atoms. The second-order valence-electron chi connectivity index (χ2n) is 16.0. The minimum absolute atomic E-state index is 0.103. The van der Waals surface area contributed by atoms with Gasteiger partial charge in [0.1, 0.15) is 48.3 Å². The fraction of sp³-hybridized carbons (Fsp3) is 0.667. The van der Waals surface area contributed by atoms with Gasteiger partial charge in [0.15, 0.2) is 0 Å². The molecular weight excluding hydrogens is 913 g/mol. The Hall–Kier alpha value is -6.58. The molecule has 67 heavy (non-hydrogen) atoms. The number of nitrogens with zero attached hydrogens (tertiary/aromatic N) is 1. The van der Waals surface area contributed by atoms with Crippen LogP contribution in [0.1, 0.15) is 79.6 Å². The lowest BCUT2D eigenvalue weighted by atomic mass is 9.95. The van der Waals surface area contributed by atoms with E-state index in [1.165, 1.54) is 11.8 Å². The normalized spacial score (nSPS) is 16.8. The lowest BCUT2D eigenvalue weighted by Gasteiger charge is -2.33. The van der Waals surface area contributed by atoms with E-state index in [-0.39, 0.29) is 31.6 Å². The highest BCUT2D eigenvalue weighted by molar-refractivity contribution is 7.80.